The number of rotatable bonds is 4. The number of carbonyl (C=O) groups is 1. The molecule has 0 N–H and O–H groups in total. The minimum Gasteiger partial charge on any atom is -0.384 e. The van der Waals surface area contributed by atoms with Crippen LogP contribution in [0.5, 0.6) is 0 Å². The Morgan fingerprint density at radius 1 is 1.62 bits per heavy atom. The van der Waals surface area contributed by atoms with Gasteiger partial charge in [-0.25, -0.2) is 0 Å². The Morgan fingerprint density at radius 3 is 2.75 bits per heavy atom. The number of alkyl halides is 1. The molecule has 1 amide bonds. The third-order valence-electron chi connectivity index (χ3n) is 3.45. The third-order valence-corrected chi connectivity index (χ3v) is 3.95. The van der Waals surface area contributed by atoms with E-state index in [1.807, 2.05) is 11.8 Å². The van der Waals surface area contributed by atoms with Crippen LogP contribution in [-0.4, -0.2) is 43.0 Å². The zero-order chi connectivity index (χ0) is 12.3. The van der Waals surface area contributed by atoms with Gasteiger partial charge < -0.3 is 9.64 Å². The molecule has 2 atom stereocenters. The molecule has 0 aromatic carbocycles. The second kappa shape index (κ2) is 5.37. The van der Waals surface area contributed by atoms with Crippen LogP contribution in [0.4, 0.5) is 0 Å². The number of ether oxygens (including phenoxy) is 1. The molecule has 3 nitrogen and oxygen atoms in total. The van der Waals surface area contributed by atoms with E-state index in [1.54, 1.807) is 7.11 Å². The van der Waals surface area contributed by atoms with E-state index < -0.39 is 0 Å². The average Bonchev–Trinajstić information content (AvgIpc) is 2.53. The second-order valence-corrected chi connectivity index (χ2v) is 5.76. The van der Waals surface area contributed by atoms with Crippen molar-refractivity contribution in [2.45, 2.75) is 32.6 Å². The van der Waals surface area contributed by atoms with Crippen LogP contribution in [0.1, 0.15) is 27.2 Å². The lowest BCUT2D eigenvalue weighted by Crippen LogP contribution is -2.35. The van der Waals surface area contributed by atoms with E-state index >= 15 is 0 Å². The van der Waals surface area contributed by atoms with Crippen molar-refractivity contribution in [2.75, 3.05) is 26.8 Å². The molecule has 0 saturated carbocycles. The summed E-state index contributed by atoms with van der Waals surface area (Å²) in [5.74, 6) is 0.470. The summed E-state index contributed by atoms with van der Waals surface area (Å²) in [6.45, 7) is 8.55. The Labute approximate surface area is 103 Å². The Morgan fingerprint density at radius 2 is 2.25 bits per heavy atom. The monoisotopic (exact) mass is 247 g/mol. The SMILES string of the molecule is CC[C@H](Cl)C(=O)N1C[C@@H](COC)C(C)(C)C1. The number of amides is 1. The minimum atomic E-state index is -0.378. The molecule has 0 aromatic rings. The minimum absolute atomic E-state index is 0.0656. The third kappa shape index (κ3) is 2.89. The molecule has 4 heteroatoms. The van der Waals surface area contributed by atoms with Gasteiger partial charge in [0.25, 0.3) is 0 Å². The van der Waals surface area contributed by atoms with Crippen LogP contribution in [0.2, 0.25) is 0 Å². The van der Waals surface area contributed by atoms with Gasteiger partial charge in [-0.2, -0.15) is 0 Å². The van der Waals surface area contributed by atoms with Gasteiger partial charge in [0.1, 0.15) is 5.38 Å². The van der Waals surface area contributed by atoms with Crippen LogP contribution in [-0.2, 0) is 9.53 Å². The molecule has 1 aliphatic rings. The Balaban J connectivity index is 2.64. The lowest BCUT2D eigenvalue weighted by molar-refractivity contribution is -0.130. The zero-order valence-electron chi connectivity index (χ0n) is 10.6. The molecule has 1 rings (SSSR count). The van der Waals surface area contributed by atoms with Crippen LogP contribution in [0, 0.1) is 11.3 Å². The summed E-state index contributed by atoms with van der Waals surface area (Å²) in [5.41, 5.74) is 0.121. The topological polar surface area (TPSA) is 29.5 Å². The Kier molecular flexibility index (Phi) is 4.62. The van der Waals surface area contributed by atoms with Crippen molar-refractivity contribution in [3.05, 3.63) is 0 Å². The van der Waals surface area contributed by atoms with Gasteiger partial charge in [0.2, 0.25) is 5.91 Å². The van der Waals surface area contributed by atoms with Gasteiger partial charge in [-0.05, 0) is 11.8 Å². The predicted octanol–water partition coefficient (Wildman–Crippen LogP) is 2.13. The number of halogens is 1. The maximum absolute atomic E-state index is 12.0. The molecule has 16 heavy (non-hydrogen) atoms. The first-order valence-electron chi connectivity index (χ1n) is 5.84. The first-order valence-corrected chi connectivity index (χ1v) is 6.27. The first-order chi connectivity index (χ1) is 7.42. The first kappa shape index (κ1) is 13.8. The van der Waals surface area contributed by atoms with Gasteiger partial charge in [-0.1, -0.05) is 20.8 Å². The predicted molar refractivity (Wildman–Crippen MR) is 65.7 cm³/mol. The Bertz CT molecular complexity index is 255. The van der Waals surface area contributed by atoms with Crippen LogP contribution in [0.25, 0.3) is 0 Å². The second-order valence-electron chi connectivity index (χ2n) is 5.24. The van der Waals surface area contributed by atoms with Gasteiger partial charge in [-0.15, -0.1) is 11.6 Å². The molecule has 0 aliphatic carbocycles. The number of nitrogens with zero attached hydrogens (tertiary/aromatic N) is 1. The van der Waals surface area contributed by atoms with Gasteiger partial charge in [-0.3, -0.25) is 4.79 Å². The fourth-order valence-electron chi connectivity index (χ4n) is 2.22. The smallest absolute Gasteiger partial charge is 0.240 e. The summed E-state index contributed by atoms with van der Waals surface area (Å²) in [7, 11) is 1.71. The summed E-state index contributed by atoms with van der Waals surface area (Å²) in [4.78, 5) is 13.8. The van der Waals surface area contributed by atoms with Crippen molar-refractivity contribution >= 4 is 17.5 Å². The highest BCUT2D eigenvalue weighted by molar-refractivity contribution is 6.30. The number of carbonyl (C=O) groups excluding carboxylic acids is 1. The molecule has 1 heterocycles. The van der Waals surface area contributed by atoms with Gasteiger partial charge >= 0.3 is 0 Å². The highest BCUT2D eigenvalue weighted by Gasteiger charge is 2.41. The lowest BCUT2D eigenvalue weighted by atomic mass is 9.83. The molecule has 0 unspecified atom stereocenters. The number of methoxy groups -OCH3 is 1. The van der Waals surface area contributed by atoms with Crippen LogP contribution >= 0.6 is 11.6 Å². The van der Waals surface area contributed by atoms with Crippen molar-refractivity contribution in [1.82, 2.24) is 4.90 Å². The molecule has 0 radical (unpaired) electrons. The quantitative estimate of drug-likeness (QED) is 0.713. The molecule has 0 spiro atoms. The van der Waals surface area contributed by atoms with Crippen LogP contribution in [0.15, 0.2) is 0 Å². The maximum Gasteiger partial charge on any atom is 0.240 e. The summed E-state index contributed by atoms with van der Waals surface area (Å²) in [5, 5.41) is -0.378. The summed E-state index contributed by atoms with van der Waals surface area (Å²) in [6, 6.07) is 0. The van der Waals surface area contributed by atoms with E-state index in [0.29, 0.717) is 18.9 Å². The van der Waals surface area contributed by atoms with Gasteiger partial charge in [0.15, 0.2) is 0 Å². The van der Waals surface area contributed by atoms with Gasteiger partial charge in [0.05, 0.1) is 6.61 Å². The lowest BCUT2D eigenvalue weighted by Gasteiger charge is -2.24. The summed E-state index contributed by atoms with van der Waals surface area (Å²) >= 11 is 5.99. The van der Waals surface area contributed by atoms with Crippen molar-refractivity contribution in [2.24, 2.45) is 11.3 Å². The highest BCUT2D eigenvalue weighted by Crippen LogP contribution is 2.35. The molecule has 0 aromatic heterocycles. The van der Waals surface area contributed by atoms with E-state index in [2.05, 4.69) is 13.8 Å². The number of hydrogen-bond donors (Lipinski definition) is 0. The summed E-state index contributed by atoms with van der Waals surface area (Å²) in [6.07, 6.45) is 0.687. The zero-order valence-corrected chi connectivity index (χ0v) is 11.4. The largest absolute Gasteiger partial charge is 0.384 e. The molecular formula is C12H22ClNO2. The number of likely N-dealkylation sites (tertiary alicyclic amines) is 1. The number of hydrogen-bond acceptors (Lipinski definition) is 2. The standard InChI is InChI=1S/C12H22ClNO2/c1-5-10(13)11(15)14-6-9(7-16-4)12(2,3)8-14/h9-10H,5-8H2,1-4H3/t9-,10-/m0/s1. The normalized spacial score (nSPS) is 25.8. The molecule has 94 valence electrons. The van der Waals surface area contributed by atoms with E-state index in [-0.39, 0.29) is 16.7 Å². The van der Waals surface area contributed by atoms with Crippen molar-refractivity contribution in [3.8, 4) is 0 Å². The maximum atomic E-state index is 12.0. The van der Waals surface area contributed by atoms with E-state index in [0.717, 1.165) is 13.1 Å². The molecular weight excluding hydrogens is 226 g/mol. The average molecular weight is 248 g/mol. The van der Waals surface area contributed by atoms with E-state index in [9.17, 15) is 4.79 Å². The van der Waals surface area contributed by atoms with Crippen LogP contribution in [0.3, 0.4) is 0 Å². The highest BCUT2D eigenvalue weighted by atomic mass is 35.5. The Hall–Kier alpha value is -0.280. The fourth-order valence-corrected chi connectivity index (χ4v) is 2.36. The van der Waals surface area contributed by atoms with Crippen LogP contribution < -0.4 is 0 Å². The van der Waals surface area contributed by atoms with E-state index in [1.165, 1.54) is 0 Å². The van der Waals surface area contributed by atoms with Crippen molar-refractivity contribution in [1.29, 1.82) is 0 Å². The summed E-state index contributed by atoms with van der Waals surface area (Å²) < 4.78 is 5.21. The molecule has 1 aliphatic heterocycles. The van der Waals surface area contributed by atoms with Gasteiger partial charge in [0, 0.05) is 26.1 Å². The molecule has 1 saturated heterocycles. The molecule has 1 fully saturated rings. The van der Waals surface area contributed by atoms with Crippen molar-refractivity contribution in [3.63, 3.8) is 0 Å². The van der Waals surface area contributed by atoms with E-state index in [4.69, 9.17) is 16.3 Å². The van der Waals surface area contributed by atoms with Crippen molar-refractivity contribution < 1.29 is 9.53 Å². The molecule has 0 bridgehead atoms. The fraction of sp³-hybridized carbons (Fsp3) is 0.917.